The van der Waals surface area contributed by atoms with Gasteiger partial charge in [0, 0.05) is 32.8 Å². The van der Waals surface area contributed by atoms with Crippen LogP contribution in [-0.4, -0.2) is 14.1 Å². The topological polar surface area (TPSA) is 46.5 Å². The Kier molecular flexibility index (Phi) is 15.5. The van der Waals surface area contributed by atoms with Crippen LogP contribution in [0.4, 0.5) is 105 Å². The van der Waals surface area contributed by atoms with E-state index < -0.39 is 144 Å². The third kappa shape index (κ3) is 12.2. The summed E-state index contributed by atoms with van der Waals surface area (Å²) in [5.74, 6) is 0. The van der Waals surface area contributed by atoms with E-state index in [2.05, 4.69) is 0 Å². The Morgan fingerprint density at radius 2 is 0.577 bits per heavy atom. The van der Waals surface area contributed by atoms with Crippen molar-refractivity contribution in [3.63, 3.8) is 0 Å². The van der Waals surface area contributed by atoms with Gasteiger partial charge in [-0.2, -0.15) is 111 Å². The van der Waals surface area contributed by atoms with Gasteiger partial charge in [-0.1, -0.05) is 78.9 Å². The number of halogens is 24. The van der Waals surface area contributed by atoms with Gasteiger partial charge in [-0.05, 0) is 148 Å². The van der Waals surface area contributed by atoms with Gasteiger partial charge in [0.25, 0.3) is 0 Å². The standard InChI is InChI=1S/C69H32F24N4/c1-32-3-2-4-54(95-32)61-59(96-55-23-34(42-17-9-38(62(70,71)72)27-50(42)66(82,83)84)5-13-46(55)47-14-6-35(24-56(47)96)43-18-10-39(63(73,74)75)28-51(43)67(85,86)87)21-33(31-94)22-60(61)97-57-25-36(44-19-11-40(64(76,77)78)29-52(44)68(88,89)90)7-15-48(57)49-16-8-37(26-58(49)97)45-20-12-41(65(79,80)81)30-53(45)69(91,92)93/h2-30H,1H3. The lowest BCUT2D eigenvalue weighted by Crippen LogP contribution is -2.12. The van der Waals surface area contributed by atoms with E-state index in [0.29, 0.717) is 48.5 Å². The van der Waals surface area contributed by atoms with Gasteiger partial charge in [0.15, 0.2) is 0 Å². The molecule has 496 valence electrons. The number of hydrogen-bond donors (Lipinski definition) is 0. The molecule has 0 saturated carbocycles. The highest BCUT2D eigenvalue weighted by Crippen LogP contribution is 2.51. The van der Waals surface area contributed by atoms with Crippen LogP contribution in [-0.2, 0) is 49.4 Å². The number of benzene rings is 9. The number of nitrogens with zero attached hydrogens (tertiary/aromatic N) is 4. The molecule has 0 radical (unpaired) electrons. The van der Waals surface area contributed by atoms with Crippen LogP contribution in [0.25, 0.3) is 111 Å². The fraction of sp³-hybridized carbons (Fsp3) is 0.130. The first-order chi connectivity index (χ1) is 45.0. The van der Waals surface area contributed by atoms with Crippen molar-refractivity contribution < 1.29 is 105 Å². The summed E-state index contributed by atoms with van der Waals surface area (Å²) in [5, 5.41) is 11.0. The first-order valence-electron chi connectivity index (χ1n) is 27.9. The minimum Gasteiger partial charge on any atom is -0.308 e. The van der Waals surface area contributed by atoms with Crippen molar-refractivity contribution in [2.24, 2.45) is 0 Å². The molecule has 0 bridgehead atoms. The maximum absolute atomic E-state index is 15.1. The molecule has 97 heavy (non-hydrogen) atoms. The van der Waals surface area contributed by atoms with Gasteiger partial charge in [-0.25, -0.2) is 0 Å². The van der Waals surface area contributed by atoms with Gasteiger partial charge in [0.2, 0.25) is 0 Å². The number of nitriles is 1. The number of aryl methyl sites for hydroxylation is 1. The van der Waals surface area contributed by atoms with Crippen LogP contribution in [0.3, 0.4) is 0 Å². The van der Waals surface area contributed by atoms with Crippen LogP contribution < -0.4 is 0 Å². The lowest BCUT2D eigenvalue weighted by molar-refractivity contribution is -0.144. The molecule has 0 N–H and O–H groups in total. The van der Waals surface area contributed by atoms with Crippen LogP contribution in [0.2, 0.25) is 0 Å². The van der Waals surface area contributed by atoms with E-state index in [-0.39, 0.29) is 96.2 Å². The average molecular weight is 1370 g/mol. The zero-order valence-electron chi connectivity index (χ0n) is 48.1. The molecule has 0 spiro atoms. The first kappa shape index (κ1) is 66.6. The molecule has 12 rings (SSSR count). The summed E-state index contributed by atoms with van der Waals surface area (Å²) in [6.07, 6.45) is -43.4. The minimum atomic E-state index is -5.52. The van der Waals surface area contributed by atoms with Gasteiger partial charge < -0.3 is 9.13 Å². The molecule has 9 aromatic carbocycles. The molecule has 4 nitrogen and oxygen atoms in total. The fourth-order valence-corrected chi connectivity index (χ4v) is 12.0. The van der Waals surface area contributed by atoms with Crippen molar-refractivity contribution in [2.45, 2.75) is 56.3 Å². The third-order valence-electron chi connectivity index (χ3n) is 16.2. The van der Waals surface area contributed by atoms with Crippen molar-refractivity contribution in [3.8, 4) is 73.2 Å². The molecular weight excluding hydrogens is 1340 g/mol. The predicted octanol–water partition coefficient (Wildman–Crippen LogP) is 23.9. The number of aromatic nitrogens is 3. The zero-order chi connectivity index (χ0) is 70.4. The molecule has 0 unspecified atom stereocenters. The van der Waals surface area contributed by atoms with Crippen molar-refractivity contribution in [1.82, 2.24) is 14.1 Å². The molecule has 12 aromatic rings. The van der Waals surface area contributed by atoms with Gasteiger partial charge in [-0.15, -0.1) is 0 Å². The van der Waals surface area contributed by atoms with E-state index in [1.807, 2.05) is 6.07 Å². The summed E-state index contributed by atoms with van der Waals surface area (Å²) in [7, 11) is 0. The quantitative estimate of drug-likeness (QED) is 0.149. The number of hydrogen-bond acceptors (Lipinski definition) is 2. The number of rotatable bonds is 7. The Balaban J connectivity index is 1.27. The second-order valence-corrected chi connectivity index (χ2v) is 22.3. The molecule has 3 heterocycles. The second-order valence-electron chi connectivity index (χ2n) is 22.3. The third-order valence-corrected chi connectivity index (χ3v) is 16.2. The molecule has 0 aliphatic carbocycles. The summed E-state index contributed by atoms with van der Waals surface area (Å²) >= 11 is 0. The molecule has 0 fully saturated rings. The van der Waals surface area contributed by atoms with E-state index >= 15 is 52.7 Å². The average Bonchev–Trinajstić information content (AvgIpc) is 1.60. The lowest BCUT2D eigenvalue weighted by Gasteiger charge is -2.22. The van der Waals surface area contributed by atoms with Crippen LogP contribution in [0.15, 0.2) is 176 Å². The highest BCUT2D eigenvalue weighted by molar-refractivity contribution is 6.14. The van der Waals surface area contributed by atoms with Gasteiger partial charge in [-0.3, -0.25) is 4.98 Å². The highest BCUT2D eigenvalue weighted by atomic mass is 19.4. The number of fused-ring (bicyclic) bond motifs is 6. The predicted molar refractivity (Wildman–Crippen MR) is 310 cm³/mol. The summed E-state index contributed by atoms with van der Waals surface area (Å²) in [5.41, 5.74) is -22.4. The Hall–Kier alpha value is -10.5. The molecule has 0 aliphatic heterocycles. The van der Waals surface area contributed by atoms with Crippen LogP contribution >= 0.6 is 0 Å². The van der Waals surface area contributed by atoms with Gasteiger partial charge in [0.05, 0.1) is 95.3 Å². The van der Waals surface area contributed by atoms with Crippen LogP contribution in [0.5, 0.6) is 0 Å². The Morgan fingerprint density at radius 3 is 0.804 bits per heavy atom. The largest absolute Gasteiger partial charge is 0.417 e. The second kappa shape index (κ2) is 22.6. The molecular formula is C69H32F24N4. The maximum atomic E-state index is 15.1. The monoisotopic (exact) mass is 1370 g/mol. The molecule has 3 aromatic heterocycles. The summed E-state index contributed by atoms with van der Waals surface area (Å²) in [6.45, 7) is 1.44. The SMILES string of the molecule is Cc1cccc(-c2c(-n3c4cc(-c5ccc(C(F)(F)F)cc5C(F)(F)F)ccc4c4ccc(-c5ccc(C(F)(F)F)cc5C(F)(F)F)cc43)cc(C#N)cc2-n2c3cc(-c4ccc(C(F)(F)F)cc4C(F)(F)F)ccc3c3ccc(-c4ccc(C(F)(F)F)cc4C(F)(F)F)cc32)n1. The van der Waals surface area contributed by atoms with E-state index in [4.69, 9.17) is 4.98 Å². The van der Waals surface area contributed by atoms with Gasteiger partial charge in [0.1, 0.15) is 0 Å². The summed E-state index contributed by atoms with van der Waals surface area (Å²) in [6, 6.07) is 23.9. The van der Waals surface area contributed by atoms with E-state index in [9.17, 15) is 57.9 Å². The Labute approximate surface area is 528 Å². The highest BCUT2D eigenvalue weighted by Gasteiger charge is 2.43. The van der Waals surface area contributed by atoms with Crippen molar-refractivity contribution in [2.75, 3.05) is 0 Å². The molecule has 0 aliphatic rings. The maximum Gasteiger partial charge on any atom is 0.417 e. The Morgan fingerprint density at radius 1 is 0.309 bits per heavy atom. The van der Waals surface area contributed by atoms with E-state index in [0.717, 1.165) is 69.8 Å². The summed E-state index contributed by atoms with van der Waals surface area (Å²) in [4.78, 5) is 4.71. The summed E-state index contributed by atoms with van der Waals surface area (Å²) < 4.78 is 352. The lowest BCUT2D eigenvalue weighted by atomic mass is 9.95. The van der Waals surface area contributed by atoms with Crippen molar-refractivity contribution in [1.29, 1.82) is 5.26 Å². The van der Waals surface area contributed by atoms with Crippen molar-refractivity contribution >= 4 is 43.6 Å². The minimum absolute atomic E-state index is 0.0264. The van der Waals surface area contributed by atoms with E-state index in [1.165, 1.54) is 49.4 Å². The molecule has 0 amide bonds. The molecule has 28 heteroatoms. The Bertz CT molecular complexity index is 4690. The van der Waals surface area contributed by atoms with Crippen molar-refractivity contribution in [3.05, 3.63) is 232 Å². The number of pyridine rings is 1. The zero-order valence-corrected chi connectivity index (χ0v) is 48.1. The smallest absolute Gasteiger partial charge is 0.308 e. The van der Waals surface area contributed by atoms with E-state index in [1.54, 1.807) is 0 Å². The van der Waals surface area contributed by atoms with Crippen LogP contribution in [0, 0.1) is 18.3 Å². The molecule has 0 atom stereocenters. The van der Waals surface area contributed by atoms with Gasteiger partial charge >= 0.3 is 49.4 Å². The first-order valence-corrected chi connectivity index (χ1v) is 27.9. The number of alkyl halides is 24. The fourth-order valence-electron chi connectivity index (χ4n) is 12.0. The molecule has 0 saturated heterocycles. The normalized spacial score (nSPS) is 13.2. The van der Waals surface area contributed by atoms with Crippen LogP contribution in [0.1, 0.15) is 55.8 Å².